The first-order valence-electron chi connectivity index (χ1n) is 7.99. The summed E-state index contributed by atoms with van der Waals surface area (Å²) >= 11 is 0. The number of carboxylic acid groups (broad SMARTS) is 1. The van der Waals surface area contributed by atoms with E-state index in [0.717, 1.165) is 12.1 Å². The molecule has 0 bridgehead atoms. The molecule has 0 heterocycles. The van der Waals surface area contributed by atoms with E-state index in [9.17, 15) is 32.3 Å². The number of carbonyl (C=O) groups excluding carboxylic acids is 1. The largest absolute Gasteiger partial charge is 0.479 e. The van der Waals surface area contributed by atoms with E-state index in [-0.39, 0.29) is 17.5 Å². The third-order valence-electron chi connectivity index (χ3n) is 4.13. The molecular weight excluding hydrogens is 366 g/mol. The smallest absolute Gasteiger partial charge is 0.389 e. The molecule has 0 aliphatic rings. The van der Waals surface area contributed by atoms with E-state index in [4.69, 9.17) is 0 Å². The van der Waals surface area contributed by atoms with Gasteiger partial charge >= 0.3 is 12.1 Å². The molecule has 27 heavy (non-hydrogen) atoms. The van der Waals surface area contributed by atoms with Gasteiger partial charge in [-0.2, -0.15) is 13.2 Å². The van der Waals surface area contributed by atoms with Gasteiger partial charge in [0.05, 0.1) is 0 Å². The Hall–Kier alpha value is -2.90. The number of hydrogen-bond donors (Lipinski definition) is 2. The fourth-order valence-corrected chi connectivity index (χ4v) is 2.44. The monoisotopic (exact) mass is 383 g/mol. The highest BCUT2D eigenvalue weighted by molar-refractivity contribution is 5.98. The van der Waals surface area contributed by atoms with Gasteiger partial charge in [-0.3, -0.25) is 4.79 Å². The molecule has 0 radical (unpaired) electrons. The van der Waals surface area contributed by atoms with Crippen LogP contribution in [0, 0.1) is 5.82 Å². The number of hydrogen-bond acceptors (Lipinski definition) is 2. The predicted octanol–water partition coefficient (Wildman–Crippen LogP) is 4.05. The molecule has 0 fully saturated rings. The lowest BCUT2D eigenvalue weighted by Gasteiger charge is -2.27. The van der Waals surface area contributed by atoms with Gasteiger partial charge in [0.2, 0.25) is 0 Å². The minimum atomic E-state index is -4.27. The summed E-state index contributed by atoms with van der Waals surface area (Å²) in [6, 6.07) is 10.1. The van der Waals surface area contributed by atoms with Gasteiger partial charge in [0.25, 0.3) is 5.91 Å². The van der Waals surface area contributed by atoms with Gasteiger partial charge < -0.3 is 10.4 Å². The highest BCUT2D eigenvalue weighted by Gasteiger charge is 2.37. The standard InChI is InChI=1S/C19H17F4NO3/c1-18(17(26)27,14-6-8-15(20)9-7-14)24-16(25)13-4-2-12(3-5-13)10-11-19(21,22)23/h2-9H,10-11H2,1H3,(H,24,25)(H,26,27). The van der Waals surface area contributed by atoms with Crippen LogP contribution in [0.4, 0.5) is 17.6 Å². The number of alkyl halides is 3. The van der Waals surface area contributed by atoms with Crippen molar-refractivity contribution in [3.63, 3.8) is 0 Å². The van der Waals surface area contributed by atoms with Crippen molar-refractivity contribution in [1.29, 1.82) is 0 Å². The Bertz CT molecular complexity index is 816. The third-order valence-corrected chi connectivity index (χ3v) is 4.13. The summed E-state index contributed by atoms with van der Waals surface area (Å²) < 4.78 is 49.8. The van der Waals surface area contributed by atoms with Crippen LogP contribution in [0.15, 0.2) is 48.5 Å². The maximum atomic E-state index is 13.1. The summed E-state index contributed by atoms with van der Waals surface area (Å²) in [6.07, 6.45) is -5.46. The zero-order chi connectivity index (χ0) is 20.2. The quantitative estimate of drug-likeness (QED) is 0.740. The molecule has 0 spiro atoms. The molecule has 8 heteroatoms. The molecule has 0 aliphatic heterocycles. The summed E-state index contributed by atoms with van der Waals surface area (Å²) in [5, 5.41) is 11.9. The van der Waals surface area contributed by atoms with Crippen molar-refractivity contribution < 1.29 is 32.3 Å². The lowest BCUT2D eigenvalue weighted by atomic mass is 9.91. The topological polar surface area (TPSA) is 66.4 Å². The maximum absolute atomic E-state index is 13.1. The molecule has 0 saturated carbocycles. The van der Waals surface area contributed by atoms with Crippen molar-refractivity contribution >= 4 is 11.9 Å². The molecule has 2 aromatic carbocycles. The van der Waals surface area contributed by atoms with E-state index >= 15 is 0 Å². The molecule has 1 amide bonds. The zero-order valence-electron chi connectivity index (χ0n) is 14.3. The predicted molar refractivity (Wildman–Crippen MR) is 89.7 cm³/mol. The van der Waals surface area contributed by atoms with E-state index in [1.807, 2.05) is 0 Å². The molecule has 2 aromatic rings. The molecule has 0 saturated heterocycles. The Morgan fingerprint density at radius 2 is 1.56 bits per heavy atom. The fraction of sp³-hybridized carbons (Fsp3) is 0.263. The van der Waals surface area contributed by atoms with Gasteiger partial charge in [-0.25, -0.2) is 9.18 Å². The van der Waals surface area contributed by atoms with E-state index < -0.39 is 35.8 Å². The van der Waals surface area contributed by atoms with Gasteiger partial charge in [0.1, 0.15) is 5.82 Å². The van der Waals surface area contributed by atoms with Crippen LogP contribution in [0.5, 0.6) is 0 Å². The fourth-order valence-electron chi connectivity index (χ4n) is 2.44. The van der Waals surface area contributed by atoms with E-state index in [1.54, 1.807) is 0 Å². The molecule has 2 N–H and O–H groups in total. The Kier molecular flexibility index (Phi) is 5.88. The van der Waals surface area contributed by atoms with Crippen LogP contribution in [0.3, 0.4) is 0 Å². The second-order valence-corrected chi connectivity index (χ2v) is 6.20. The van der Waals surface area contributed by atoms with Crippen LogP contribution < -0.4 is 5.32 Å². The first-order chi connectivity index (χ1) is 12.5. The summed E-state index contributed by atoms with van der Waals surface area (Å²) in [5.41, 5.74) is -1.13. The van der Waals surface area contributed by atoms with Crippen molar-refractivity contribution in [3.8, 4) is 0 Å². The second kappa shape index (κ2) is 7.77. The summed E-state index contributed by atoms with van der Waals surface area (Å²) in [7, 11) is 0. The second-order valence-electron chi connectivity index (χ2n) is 6.20. The molecule has 1 unspecified atom stereocenters. The Balaban J connectivity index is 2.16. The van der Waals surface area contributed by atoms with Crippen molar-refractivity contribution in [2.24, 2.45) is 0 Å². The molecule has 2 rings (SSSR count). The minimum Gasteiger partial charge on any atom is -0.479 e. The number of rotatable bonds is 6. The molecular formula is C19H17F4NO3. The maximum Gasteiger partial charge on any atom is 0.389 e. The number of carboxylic acids is 1. The first-order valence-corrected chi connectivity index (χ1v) is 7.99. The first kappa shape index (κ1) is 20.4. The van der Waals surface area contributed by atoms with Gasteiger partial charge in [-0.05, 0) is 48.7 Å². The SMILES string of the molecule is CC(NC(=O)c1ccc(CCC(F)(F)F)cc1)(C(=O)O)c1ccc(F)cc1. The number of aliphatic carboxylic acids is 1. The van der Waals surface area contributed by atoms with E-state index in [0.29, 0.717) is 5.56 Å². The number of benzene rings is 2. The molecule has 0 aliphatic carbocycles. The van der Waals surface area contributed by atoms with Crippen LogP contribution in [-0.2, 0) is 16.8 Å². The van der Waals surface area contributed by atoms with Crippen molar-refractivity contribution in [3.05, 3.63) is 71.0 Å². The Morgan fingerprint density at radius 1 is 1.00 bits per heavy atom. The van der Waals surface area contributed by atoms with Gasteiger partial charge in [-0.15, -0.1) is 0 Å². The molecule has 4 nitrogen and oxygen atoms in total. The highest BCUT2D eigenvalue weighted by Crippen LogP contribution is 2.24. The summed E-state index contributed by atoms with van der Waals surface area (Å²) in [6.45, 7) is 1.26. The van der Waals surface area contributed by atoms with Crippen LogP contribution in [0.2, 0.25) is 0 Å². The minimum absolute atomic E-state index is 0.0975. The van der Waals surface area contributed by atoms with E-state index in [2.05, 4.69) is 5.32 Å². The van der Waals surface area contributed by atoms with Crippen molar-refractivity contribution in [2.75, 3.05) is 0 Å². The average Bonchev–Trinajstić information content (AvgIpc) is 2.60. The zero-order valence-corrected chi connectivity index (χ0v) is 14.3. The number of amides is 1. The highest BCUT2D eigenvalue weighted by atomic mass is 19.4. The van der Waals surface area contributed by atoms with Crippen LogP contribution in [0.1, 0.15) is 34.8 Å². The van der Waals surface area contributed by atoms with Gasteiger partial charge in [0.15, 0.2) is 5.54 Å². The Labute approximate surface area is 152 Å². The Morgan fingerprint density at radius 3 is 2.04 bits per heavy atom. The molecule has 0 aromatic heterocycles. The molecule has 144 valence electrons. The van der Waals surface area contributed by atoms with Crippen molar-refractivity contribution in [1.82, 2.24) is 5.32 Å². The number of carbonyl (C=O) groups is 2. The van der Waals surface area contributed by atoms with Crippen molar-refractivity contribution in [2.45, 2.75) is 31.5 Å². The third kappa shape index (κ3) is 5.29. The molecule has 1 atom stereocenters. The summed E-state index contributed by atoms with van der Waals surface area (Å²) in [4.78, 5) is 24.1. The average molecular weight is 383 g/mol. The van der Waals surface area contributed by atoms with E-state index in [1.165, 1.54) is 43.3 Å². The normalized spacial score (nSPS) is 13.7. The lowest BCUT2D eigenvalue weighted by Crippen LogP contribution is -2.49. The number of nitrogens with one attached hydrogen (secondary N) is 1. The van der Waals surface area contributed by atoms with Crippen LogP contribution >= 0.6 is 0 Å². The lowest BCUT2D eigenvalue weighted by molar-refractivity contribution is -0.144. The van der Waals surface area contributed by atoms with Crippen LogP contribution in [0.25, 0.3) is 0 Å². The number of halogens is 4. The van der Waals surface area contributed by atoms with Crippen LogP contribution in [-0.4, -0.2) is 23.2 Å². The van der Waals surface area contributed by atoms with Gasteiger partial charge in [-0.1, -0.05) is 24.3 Å². The summed E-state index contributed by atoms with van der Waals surface area (Å²) in [5.74, 6) is -2.61. The number of aryl methyl sites for hydroxylation is 1. The van der Waals surface area contributed by atoms with Gasteiger partial charge in [0, 0.05) is 12.0 Å².